The van der Waals surface area contributed by atoms with Crippen molar-refractivity contribution in [2.45, 2.75) is 18.1 Å². The number of carbonyl (C=O) groups is 2. The standard InChI is InChI=1S/C23H24FN7O3S/c1-13(25-21(33)15-7-5-6-8-16(15)24)20-27-28-22(31(20)4)35-12-19(32)26-14-9-10-17-18(11-14)30(3)23(34)29(17)2/h5-11,13H,12H2,1-4H3,(H,25,33)(H,26,32)/t13-/m0/s1. The van der Waals surface area contributed by atoms with E-state index in [9.17, 15) is 18.8 Å². The van der Waals surface area contributed by atoms with Gasteiger partial charge in [0.1, 0.15) is 5.82 Å². The summed E-state index contributed by atoms with van der Waals surface area (Å²) >= 11 is 1.19. The zero-order valence-corrected chi connectivity index (χ0v) is 20.4. The molecule has 0 aliphatic rings. The van der Waals surface area contributed by atoms with Crippen LogP contribution in [0.1, 0.15) is 29.1 Å². The van der Waals surface area contributed by atoms with Crippen LogP contribution in [0, 0.1) is 5.82 Å². The van der Waals surface area contributed by atoms with E-state index in [1.807, 2.05) is 0 Å². The molecule has 0 unspecified atom stereocenters. The molecule has 10 nitrogen and oxygen atoms in total. The Morgan fingerprint density at radius 1 is 1.03 bits per heavy atom. The molecular formula is C23H24FN7O3S. The summed E-state index contributed by atoms with van der Waals surface area (Å²) in [6.07, 6.45) is 0. The van der Waals surface area contributed by atoms with Crippen LogP contribution in [0.4, 0.5) is 10.1 Å². The van der Waals surface area contributed by atoms with Crippen LogP contribution < -0.4 is 16.3 Å². The molecule has 12 heteroatoms. The molecule has 2 heterocycles. The summed E-state index contributed by atoms with van der Waals surface area (Å²) in [5, 5.41) is 14.3. The van der Waals surface area contributed by atoms with E-state index in [4.69, 9.17) is 0 Å². The number of benzene rings is 2. The molecule has 0 spiro atoms. The van der Waals surface area contributed by atoms with Crippen molar-refractivity contribution >= 4 is 40.3 Å². The molecule has 0 saturated heterocycles. The molecule has 0 radical (unpaired) electrons. The number of thioether (sulfide) groups is 1. The minimum atomic E-state index is -0.606. The van der Waals surface area contributed by atoms with E-state index in [-0.39, 0.29) is 22.9 Å². The highest BCUT2D eigenvalue weighted by atomic mass is 32.2. The van der Waals surface area contributed by atoms with Gasteiger partial charge in [0.15, 0.2) is 11.0 Å². The first kappa shape index (κ1) is 24.2. The average Bonchev–Trinajstić information content (AvgIpc) is 3.30. The summed E-state index contributed by atoms with van der Waals surface area (Å²) in [6, 6.07) is 10.5. The van der Waals surface area contributed by atoms with E-state index in [1.54, 1.807) is 61.5 Å². The first-order chi connectivity index (χ1) is 16.7. The van der Waals surface area contributed by atoms with Gasteiger partial charge in [-0.1, -0.05) is 23.9 Å². The van der Waals surface area contributed by atoms with Gasteiger partial charge in [0.05, 0.1) is 28.4 Å². The number of aromatic nitrogens is 5. The molecule has 4 aromatic rings. The number of rotatable bonds is 7. The van der Waals surface area contributed by atoms with Crippen LogP contribution in [0.5, 0.6) is 0 Å². The molecule has 0 aliphatic carbocycles. The predicted molar refractivity (Wildman–Crippen MR) is 131 cm³/mol. The third-order valence-electron chi connectivity index (χ3n) is 5.61. The van der Waals surface area contributed by atoms with Crippen molar-refractivity contribution in [1.29, 1.82) is 0 Å². The Bertz CT molecular complexity index is 1490. The highest BCUT2D eigenvalue weighted by Gasteiger charge is 2.20. The fourth-order valence-electron chi connectivity index (χ4n) is 3.72. The molecule has 2 aromatic carbocycles. The molecule has 2 amide bonds. The summed E-state index contributed by atoms with van der Waals surface area (Å²) in [5.74, 6) is -0.867. The second kappa shape index (κ2) is 9.74. The third-order valence-corrected chi connectivity index (χ3v) is 6.63. The van der Waals surface area contributed by atoms with Crippen LogP contribution in [-0.2, 0) is 25.9 Å². The molecular weight excluding hydrogens is 473 g/mol. The van der Waals surface area contributed by atoms with Crippen molar-refractivity contribution in [2.75, 3.05) is 11.1 Å². The normalized spacial score (nSPS) is 12.0. The number of nitrogens with one attached hydrogen (secondary N) is 2. The average molecular weight is 498 g/mol. The van der Waals surface area contributed by atoms with Gasteiger partial charge in [-0.2, -0.15) is 0 Å². The van der Waals surface area contributed by atoms with Gasteiger partial charge < -0.3 is 15.2 Å². The van der Waals surface area contributed by atoms with Crippen LogP contribution in [0.3, 0.4) is 0 Å². The number of halogens is 1. The Hall–Kier alpha value is -3.93. The number of anilines is 1. The Balaban J connectivity index is 1.38. The molecule has 0 bridgehead atoms. The molecule has 35 heavy (non-hydrogen) atoms. The molecule has 2 N–H and O–H groups in total. The van der Waals surface area contributed by atoms with Gasteiger partial charge in [-0.25, -0.2) is 9.18 Å². The maximum absolute atomic E-state index is 13.9. The second-order valence-corrected chi connectivity index (χ2v) is 8.96. The Labute approximate surface area is 204 Å². The number of imidazole rings is 1. The van der Waals surface area contributed by atoms with Gasteiger partial charge in [-0.15, -0.1) is 10.2 Å². The lowest BCUT2D eigenvalue weighted by Gasteiger charge is -2.14. The summed E-state index contributed by atoms with van der Waals surface area (Å²) in [6.45, 7) is 1.72. The lowest BCUT2D eigenvalue weighted by atomic mass is 10.2. The number of nitrogens with zero attached hydrogens (tertiary/aromatic N) is 5. The number of hydrogen-bond acceptors (Lipinski definition) is 6. The largest absolute Gasteiger partial charge is 0.342 e. The quantitative estimate of drug-likeness (QED) is 0.379. The smallest absolute Gasteiger partial charge is 0.328 e. The maximum atomic E-state index is 13.9. The van der Waals surface area contributed by atoms with Gasteiger partial charge in [-0.05, 0) is 37.3 Å². The zero-order valence-electron chi connectivity index (χ0n) is 19.6. The molecule has 0 aliphatic heterocycles. The monoisotopic (exact) mass is 497 g/mol. The number of carbonyl (C=O) groups excluding carboxylic acids is 2. The Morgan fingerprint density at radius 3 is 2.49 bits per heavy atom. The summed E-state index contributed by atoms with van der Waals surface area (Å²) < 4.78 is 18.6. The van der Waals surface area contributed by atoms with Crippen LogP contribution in [0.25, 0.3) is 11.0 Å². The van der Waals surface area contributed by atoms with Crippen molar-refractivity contribution < 1.29 is 14.0 Å². The van der Waals surface area contributed by atoms with E-state index >= 15 is 0 Å². The number of amides is 2. The summed E-state index contributed by atoms with van der Waals surface area (Å²) in [5.41, 5.74) is 1.87. The first-order valence-corrected chi connectivity index (χ1v) is 11.7. The Kier molecular flexibility index (Phi) is 6.74. The van der Waals surface area contributed by atoms with Crippen molar-refractivity contribution in [2.24, 2.45) is 21.1 Å². The van der Waals surface area contributed by atoms with Crippen LogP contribution in [0.15, 0.2) is 52.4 Å². The highest BCUT2D eigenvalue weighted by molar-refractivity contribution is 7.99. The second-order valence-electron chi connectivity index (χ2n) is 8.02. The van der Waals surface area contributed by atoms with Gasteiger partial charge in [0.2, 0.25) is 5.91 Å². The van der Waals surface area contributed by atoms with Crippen molar-refractivity contribution in [3.05, 3.63) is 70.2 Å². The van der Waals surface area contributed by atoms with E-state index in [0.29, 0.717) is 22.2 Å². The SMILES string of the molecule is C[C@H](NC(=O)c1ccccc1F)c1nnc(SCC(=O)Nc2ccc3c(c2)n(C)c(=O)n3C)n1C. The van der Waals surface area contributed by atoms with Gasteiger partial charge in [0, 0.05) is 26.8 Å². The molecule has 1 atom stereocenters. The lowest BCUT2D eigenvalue weighted by Crippen LogP contribution is -2.29. The minimum absolute atomic E-state index is 0.0541. The zero-order chi connectivity index (χ0) is 25.3. The fourth-order valence-corrected chi connectivity index (χ4v) is 4.44. The number of fused-ring (bicyclic) bond motifs is 1. The summed E-state index contributed by atoms with van der Waals surface area (Å²) in [4.78, 5) is 37.0. The maximum Gasteiger partial charge on any atom is 0.328 e. The van der Waals surface area contributed by atoms with Crippen molar-refractivity contribution in [3.63, 3.8) is 0 Å². The summed E-state index contributed by atoms with van der Waals surface area (Å²) in [7, 11) is 5.10. The van der Waals surface area contributed by atoms with E-state index in [0.717, 1.165) is 5.52 Å². The molecule has 182 valence electrons. The fraction of sp³-hybridized carbons (Fsp3) is 0.261. The van der Waals surface area contributed by atoms with Crippen LogP contribution in [-0.4, -0.2) is 41.5 Å². The minimum Gasteiger partial charge on any atom is -0.342 e. The number of aryl methyl sites for hydroxylation is 2. The molecule has 0 saturated carbocycles. The Morgan fingerprint density at radius 2 is 1.74 bits per heavy atom. The lowest BCUT2D eigenvalue weighted by molar-refractivity contribution is -0.113. The third kappa shape index (κ3) is 4.83. The molecule has 4 rings (SSSR count). The number of hydrogen-bond donors (Lipinski definition) is 2. The highest BCUT2D eigenvalue weighted by Crippen LogP contribution is 2.21. The van der Waals surface area contributed by atoms with Gasteiger partial charge >= 0.3 is 5.69 Å². The first-order valence-electron chi connectivity index (χ1n) is 10.7. The van der Waals surface area contributed by atoms with E-state index in [2.05, 4.69) is 20.8 Å². The van der Waals surface area contributed by atoms with E-state index in [1.165, 1.54) is 34.5 Å². The van der Waals surface area contributed by atoms with Gasteiger partial charge in [-0.3, -0.25) is 18.7 Å². The van der Waals surface area contributed by atoms with Crippen LogP contribution in [0.2, 0.25) is 0 Å². The van der Waals surface area contributed by atoms with Crippen LogP contribution >= 0.6 is 11.8 Å². The van der Waals surface area contributed by atoms with E-state index < -0.39 is 17.8 Å². The van der Waals surface area contributed by atoms with Crippen molar-refractivity contribution in [3.8, 4) is 0 Å². The molecule has 0 fully saturated rings. The topological polar surface area (TPSA) is 116 Å². The molecule has 2 aromatic heterocycles. The van der Waals surface area contributed by atoms with Gasteiger partial charge in [0.25, 0.3) is 5.91 Å². The van der Waals surface area contributed by atoms with Crippen molar-refractivity contribution in [1.82, 2.24) is 29.2 Å². The predicted octanol–water partition coefficient (Wildman–Crippen LogP) is 2.37.